The quantitative estimate of drug-likeness (QED) is 0.171. The van der Waals surface area contributed by atoms with E-state index in [1.807, 2.05) is 6.07 Å². The molecule has 10 aromatic carbocycles. The van der Waals surface area contributed by atoms with Crippen LogP contribution in [-0.2, 0) is 28.1 Å². The summed E-state index contributed by atoms with van der Waals surface area (Å²) in [7, 11) is 0. The lowest BCUT2D eigenvalue weighted by molar-refractivity contribution is 0.204. The summed E-state index contributed by atoms with van der Waals surface area (Å²) in [4.78, 5) is 0. The molecule has 1 heterocycles. The van der Waals surface area contributed by atoms with E-state index in [1.54, 1.807) is 11.1 Å². The molecule has 0 amide bonds. The lowest BCUT2D eigenvalue weighted by Crippen LogP contribution is -2.24. The van der Waals surface area contributed by atoms with E-state index in [4.69, 9.17) is 4.74 Å². The van der Waals surface area contributed by atoms with Gasteiger partial charge >= 0.3 is 0 Å². The average molecular weight is 1220 g/mol. The van der Waals surface area contributed by atoms with Crippen molar-refractivity contribution in [1.82, 2.24) is 0 Å². The van der Waals surface area contributed by atoms with Gasteiger partial charge < -0.3 is 4.74 Å². The number of rotatable bonds is 4. The van der Waals surface area contributed by atoms with Crippen LogP contribution in [0.25, 0.3) is 44.5 Å². The standard InChI is InChI=1S/4C16H18.C14H20.C13H18O/c2*1-16(2,3)15-12-8-7-11-14(15)13-9-5-4-6-10-13;2*1-16(2,3)15-11-7-10-14(12-15)13-8-5-4-6-9-13;1-14(2,3)13-10-6-8-11-7-4-5-9-12(11)13;1-13(2,3)11-8-9-14-12-7-5-4-6-10(11)12/h4*4-12H,1-3H3;4-5,7,9,13H,6,8,10H2,1-3H3;4-7,11H,8-9H2,1-3H3. The zero-order valence-electron chi connectivity index (χ0n) is 59.5. The van der Waals surface area contributed by atoms with E-state index < -0.39 is 0 Å². The number of hydrogen-bond donors (Lipinski definition) is 0. The lowest BCUT2D eigenvalue weighted by Gasteiger charge is -2.35. The number of aryl methyl sites for hydroxylation is 1. The van der Waals surface area contributed by atoms with Crippen LogP contribution in [0.3, 0.4) is 0 Å². The van der Waals surface area contributed by atoms with Crippen molar-refractivity contribution in [1.29, 1.82) is 0 Å². The Hall–Kier alpha value is -8.00. The van der Waals surface area contributed by atoms with Gasteiger partial charge in [0.15, 0.2) is 0 Å². The fraction of sp³-hybridized carbons (Fsp3) is 0.341. The third-order valence-corrected chi connectivity index (χ3v) is 17.7. The number of benzene rings is 10. The Bertz CT molecular complexity index is 3540. The van der Waals surface area contributed by atoms with Crippen LogP contribution >= 0.6 is 0 Å². The minimum absolute atomic E-state index is 0.187. The molecule has 2 unspecified atom stereocenters. The zero-order valence-corrected chi connectivity index (χ0v) is 59.5. The van der Waals surface area contributed by atoms with Crippen LogP contribution in [0, 0.1) is 10.8 Å². The second-order valence-electron chi connectivity index (χ2n) is 31.3. The molecule has 10 aromatic rings. The molecule has 480 valence electrons. The molecule has 0 N–H and O–H groups in total. The van der Waals surface area contributed by atoms with E-state index in [0.29, 0.717) is 16.7 Å². The van der Waals surface area contributed by atoms with Gasteiger partial charge in [0.1, 0.15) is 5.75 Å². The fourth-order valence-electron chi connectivity index (χ4n) is 12.5. The highest BCUT2D eigenvalue weighted by Gasteiger charge is 2.32. The third-order valence-electron chi connectivity index (χ3n) is 17.7. The van der Waals surface area contributed by atoms with Gasteiger partial charge in [-0.1, -0.05) is 385 Å². The van der Waals surface area contributed by atoms with E-state index in [2.05, 4.69) is 385 Å². The highest BCUT2D eigenvalue weighted by Crippen LogP contribution is 2.45. The van der Waals surface area contributed by atoms with Gasteiger partial charge in [-0.05, 0) is 160 Å². The van der Waals surface area contributed by atoms with E-state index in [0.717, 1.165) is 24.7 Å². The molecule has 0 aromatic heterocycles. The molecule has 2 atom stereocenters. The predicted octanol–water partition coefficient (Wildman–Crippen LogP) is 26.4. The maximum atomic E-state index is 5.65. The second kappa shape index (κ2) is 32.0. The van der Waals surface area contributed by atoms with Gasteiger partial charge in [-0.15, -0.1) is 0 Å². The van der Waals surface area contributed by atoms with E-state index >= 15 is 0 Å². The molecule has 0 spiro atoms. The van der Waals surface area contributed by atoms with Crippen molar-refractivity contribution in [2.24, 2.45) is 10.8 Å². The Morgan fingerprint density at radius 3 is 1.02 bits per heavy atom. The van der Waals surface area contributed by atoms with Gasteiger partial charge in [0.25, 0.3) is 0 Å². The number of hydrogen-bond acceptors (Lipinski definition) is 1. The van der Waals surface area contributed by atoms with Crippen molar-refractivity contribution in [3.05, 3.63) is 306 Å². The molecule has 0 fully saturated rings. The zero-order chi connectivity index (χ0) is 66.7. The molecule has 0 saturated heterocycles. The van der Waals surface area contributed by atoms with Crippen LogP contribution < -0.4 is 4.74 Å². The minimum atomic E-state index is 0.187. The van der Waals surface area contributed by atoms with Gasteiger partial charge in [-0.25, -0.2) is 0 Å². The lowest BCUT2D eigenvalue weighted by atomic mass is 9.69. The highest BCUT2D eigenvalue weighted by atomic mass is 16.5. The maximum absolute atomic E-state index is 5.65. The molecule has 1 nitrogen and oxygen atoms in total. The maximum Gasteiger partial charge on any atom is 0.122 e. The molecule has 0 radical (unpaired) electrons. The monoisotopic (exact) mass is 1220 g/mol. The van der Waals surface area contributed by atoms with Crippen molar-refractivity contribution in [2.45, 2.75) is 184 Å². The summed E-state index contributed by atoms with van der Waals surface area (Å²) < 4.78 is 5.65. The van der Waals surface area contributed by atoms with Crippen molar-refractivity contribution >= 4 is 0 Å². The van der Waals surface area contributed by atoms with Crippen LogP contribution in [0.5, 0.6) is 5.75 Å². The van der Waals surface area contributed by atoms with Gasteiger partial charge in [0, 0.05) is 0 Å². The SMILES string of the molecule is CC(C)(C)C1CCCc2ccccc21.CC(C)(C)C1CCOc2ccccc21.CC(C)(C)c1cccc(-c2ccccc2)c1.CC(C)(C)c1cccc(-c2ccccc2)c1.CC(C)(C)c1ccccc1-c1ccccc1.CC(C)(C)c1ccccc1-c1ccccc1. The van der Waals surface area contributed by atoms with E-state index in [9.17, 15) is 0 Å². The van der Waals surface area contributed by atoms with Crippen molar-refractivity contribution in [2.75, 3.05) is 6.61 Å². The largest absolute Gasteiger partial charge is 0.493 e. The molecule has 1 aliphatic heterocycles. The first-order chi connectivity index (χ1) is 43.5. The molecule has 1 heteroatoms. The van der Waals surface area contributed by atoms with Gasteiger partial charge in [-0.3, -0.25) is 0 Å². The molecule has 0 saturated carbocycles. The molecular formula is C91H110O. The summed E-state index contributed by atoms with van der Waals surface area (Å²) in [6.45, 7) is 41.9. The smallest absolute Gasteiger partial charge is 0.122 e. The molecule has 1 aliphatic carbocycles. The molecule has 0 bridgehead atoms. The topological polar surface area (TPSA) is 9.23 Å². The third kappa shape index (κ3) is 21.0. The van der Waals surface area contributed by atoms with Gasteiger partial charge in [0.2, 0.25) is 0 Å². The van der Waals surface area contributed by atoms with E-state index in [-0.39, 0.29) is 21.7 Å². The summed E-state index contributed by atoms with van der Waals surface area (Å²) in [6.07, 6.45) is 5.14. The van der Waals surface area contributed by atoms with Crippen LogP contribution in [0.15, 0.2) is 267 Å². The Morgan fingerprint density at radius 1 is 0.283 bits per heavy atom. The summed E-state index contributed by atoms with van der Waals surface area (Å²) in [5, 5.41) is 0. The van der Waals surface area contributed by atoms with Gasteiger partial charge in [-0.2, -0.15) is 0 Å². The van der Waals surface area contributed by atoms with E-state index in [1.165, 1.54) is 91.6 Å². The van der Waals surface area contributed by atoms with Crippen molar-refractivity contribution < 1.29 is 4.74 Å². The second-order valence-corrected chi connectivity index (χ2v) is 31.3. The first kappa shape index (κ1) is 71.4. The minimum Gasteiger partial charge on any atom is -0.493 e. The Morgan fingerprint density at radius 2 is 0.620 bits per heavy atom. The Balaban J connectivity index is 0.000000157. The van der Waals surface area contributed by atoms with Crippen LogP contribution in [0.2, 0.25) is 0 Å². The summed E-state index contributed by atoms with van der Waals surface area (Å²) in [5.74, 6) is 2.47. The normalized spacial score (nSPS) is 14.5. The molecule has 12 rings (SSSR count). The Labute approximate surface area is 558 Å². The van der Waals surface area contributed by atoms with Crippen LogP contribution in [-0.4, -0.2) is 6.61 Å². The van der Waals surface area contributed by atoms with Crippen molar-refractivity contribution in [3.8, 4) is 50.3 Å². The predicted molar refractivity (Wildman–Crippen MR) is 403 cm³/mol. The highest BCUT2D eigenvalue weighted by molar-refractivity contribution is 5.70. The molecule has 92 heavy (non-hydrogen) atoms. The number of ether oxygens (including phenoxy) is 1. The first-order valence-corrected chi connectivity index (χ1v) is 33.9. The number of para-hydroxylation sites is 1. The van der Waals surface area contributed by atoms with Crippen LogP contribution in [0.1, 0.15) is 195 Å². The summed E-state index contributed by atoms with van der Waals surface area (Å²) >= 11 is 0. The number of fused-ring (bicyclic) bond motifs is 2. The summed E-state index contributed by atoms with van der Waals surface area (Å²) in [6, 6.07) is 94.5. The van der Waals surface area contributed by atoms with Crippen molar-refractivity contribution in [3.63, 3.8) is 0 Å². The molecule has 2 aliphatic rings. The summed E-state index contributed by atoms with van der Waals surface area (Å²) in [5.41, 5.74) is 22.1. The van der Waals surface area contributed by atoms with Crippen LogP contribution in [0.4, 0.5) is 0 Å². The van der Waals surface area contributed by atoms with Gasteiger partial charge in [0.05, 0.1) is 6.61 Å². The average Bonchev–Trinajstić information content (AvgIpc) is 1.00. The first-order valence-electron chi connectivity index (χ1n) is 33.9. The Kier molecular flexibility index (Phi) is 24.9. The molecular weight excluding hydrogens is 1110 g/mol. The fourth-order valence-corrected chi connectivity index (χ4v) is 12.5.